The quantitative estimate of drug-likeness (QED) is 0.552. The van der Waals surface area contributed by atoms with E-state index in [4.69, 9.17) is 0 Å². The fourth-order valence-electron chi connectivity index (χ4n) is 3.49. The van der Waals surface area contributed by atoms with Gasteiger partial charge in [0.2, 0.25) is 0 Å². The summed E-state index contributed by atoms with van der Waals surface area (Å²) >= 11 is 0. The molecule has 2 aliphatic rings. The van der Waals surface area contributed by atoms with Gasteiger partial charge in [-0.2, -0.15) is 20.5 Å². The second-order valence-corrected chi connectivity index (χ2v) is 6.66. The second-order valence-electron chi connectivity index (χ2n) is 6.66. The van der Waals surface area contributed by atoms with Crippen LogP contribution < -0.4 is 0 Å². The Kier molecular flexibility index (Phi) is 3.76. The van der Waals surface area contributed by atoms with Gasteiger partial charge in [-0.1, -0.05) is 60.7 Å². The number of carbonyl (C=O) groups is 2. The van der Waals surface area contributed by atoms with Gasteiger partial charge in [-0.15, -0.1) is 0 Å². The fourth-order valence-corrected chi connectivity index (χ4v) is 3.49. The highest BCUT2D eigenvalue weighted by Gasteiger charge is 2.30. The van der Waals surface area contributed by atoms with Crippen LogP contribution in [0.25, 0.3) is 0 Å². The van der Waals surface area contributed by atoms with E-state index in [9.17, 15) is 9.59 Å². The lowest BCUT2D eigenvalue weighted by atomic mass is 9.94. The maximum Gasteiger partial charge on any atom is 0.193 e. The summed E-state index contributed by atoms with van der Waals surface area (Å²) < 4.78 is 0. The molecule has 6 heteroatoms. The largest absolute Gasteiger partial charge is 0.291 e. The zero-order valence-corrected chi connectivity index (χ0v) is 14.7. The summed E-state index contributed by atoms with van der Waals surface area (Å²) in [6.07, 6.45) is 0. The van der Waals surface area contributed by atoms with Gasteiger partial charge < -0.3 is 0 Å². The van der Waals surface area contributed by atoms with Crippen molar-refractivity contribution in [2.45, 2.75) is 12.1 Å². The van der Waals surface area contributed by atoms with Gasteiger partial charge in [0.05, 0.1) is 11.4 Å². The van der Waals surface area contributed by atoms with Crippen molar-refractivity contribution >= 4 is 22.9 Å². The molecule has 0 aromatic heterocycles. The Morgan fingerprint density at radius 2 is 0.964 bits per heavy atom. The summed E-state index contributed by atoms with van der Waals surface area (Å²) in [5, 5.41) is 16.4. The Balaban J connectivity index is 1.38. The average Bonchev–Trinajstić information content (AvgIpc) is 3.37. The van der Waals surface area contributed by atoms with Crippen molar-refractivity contribution in [2.24, 2.45) is 20.5 Å². The number of ketones is 2. The third kappa shape index (κ3) is 2.58. The van der Waals surface area contributed by atoms with E-state index in [0.29, 0.717) is 11.1 Å². The summed E-state index contributed by atoms with van der Waals surface area (Å²) in [6.45, 7) is 0. The zero-order chi connectivity index (χ0) is 19.1. The monoisotopic (exact) mass is 366 g/mol. The molecule has 0 aliphatic carbocycles. The minimum atomic E-state index is -0.631. The van der Waals surface area contributed by atoms with Crippen LogP contribution in [0.5, 0.6) is 0 Å². The Hall–Kier alpha value is -3.80. The summed E-state index contributed by atoms with van der Waals surface area (Å²) in [5.74, 6) is -0.280. The summed E-state index contributed by atoms with van der Waals surface area (Å²) in [5.41, 5.74) is 4.03. The Bertz CT molecular complexity index is 1070. The van der Waals surface area contributed by atoms with Crippen molar-refractivity contribution in [3.05, 3.63) is 95.1 Å². The van der Waals surface area contributed by atoms with Gasteiger partial charge in [0, 0.05) is 22.3 Å². The molecule has 0 saturated heterocycles. The molecule has 0 amide bonds. The predicted molar refractivity (Wildman–Crippen MR) is 103 cm³/mol. The SMILES string of the molecule is O=C(c1ccc(C(=O)C2N=Nc3ccccc32)cc1)C1N=Nc2ccccc21. The van der Waals surface area contributed by atoms with Gasteiger partial charge in [0.25, 0.3) is 0 Å². The molecule has 3 aromatic carbocycles. The number of carbonyl (C=O) groups excluding carboxylic acids is 2. The number of hydrogen-bond acceptors (Lipinski definition) is 6. The van der Waals surface area contributed by atoms with Crippen LogP contribution in [0, 0.1) is 0 Å². The van der Waals surface area contributed by atoms with Crippen LogP contribution in [0.15, 0.2) is 93.3 Å². The molecule has 3 aromatic rings. The van der Waals surface area contributed by atoms with Crippen molar-refractivity contribution in [2.75, 3.05) is 0 Å². The second kappa shape index (κ2) is 6.42. The van der Waals surface area contributed by atoms with E-state index in [1.807, 2.05) is 48.5 Å². The highest BCUT2D eigenvalue weighted by atomic mass is 16.1. The normalized spacial score (nSPS) is 18.7. The first-order chi connectivity index (χ1) is 13.7. The van der Waals surface area contributed by atoms with E-state index in [2.05, 4.69) is 20.5 Å². The van der Waals surface area contributed by atoms with Gasteiger partial charge in [0.15, 0.2) is 23.7 Å². The van der Waals surface area contributed by atoms with Gasteiger partial charge >= 0.3 is 0 Å². The van der Waals surface area contributed by atoms with E-state index in [1.54, 1.807) is 24.3 Å². The topological polar surface area (TPSA) is 83.6 Å². The molecule has 2 unspecified atom stereocenters. The molecule has 2 atom stereocenters. The molecule has 134 valence electrons. The maximum absolute atomic E-state index is 12.8. The first kappa shape index (κ1) is 16.4. The van der Waals surface area contributed by atoms with Crippen molar-refractivity contribution < 1.29 is 9.59 Å². The van der Waals surface area contributed by atoms with Crippen molar-refractivity contribution in [1.29, 1.82) is 0 Å². The molecule has 0 fully saturated rings. The molecular weight excluding hydrogens is 352 g/mol. The van der Waals surface area contributed by atoms with E-state index in [1.165, 1.54) is 0 Å². The van der Waals surface area contributed by atoms with Crippen LogP contribution in [0.1, 0.15) is 43.9 Å². The predicted octanol–water partition coefficient (Wildman–Crippen LogP) is 5.73. The minimum absolute atomic E-state index is 0.140. The number of fused-ring (bicyclic) bond motifs is 2. The molecule has 0 spiro atoms. The molecule has 28 heavy (non-hydrogen) atoms. The molecule has 0 radical (unpaired) electrons. The van der Waals surface area contributed by atoms with Crippen LogP contribution in [0.3, 0.4) is 0 Å². The van der Waals surface area contributed by atoms with Crippen LogP contribution >= 0.6 is 0 Å². The van der Waals surface area contributed by atoms with Gasteiger partial charge in [-0.3, -0.25) is 9.59 Å². The first-order valence-corrected chi connectivity index (χ1v) is 8.90. The summed E-state index contributed by atoms with van der Waals surface area (Å²) in [6, 6.07) is 20.2. The first-order valence-electron chi connectivity index (χ1n) is 8.90. The van der Waals surface area contributed by atoms with Gasteiger partial charge in [0.1, 0.15) is 0 Å². The van der Waals surface area contributed by atoms with E-state index >= 15 is 0 Å². The smallest absolute Gasteiger partial charge is 0.193 e. The minimum Gasteiger partial charge on any atom is -0.291 e. The molecule has 2 aliphatic heterocycles. The van der Waals surface area contributed by atoms with Crippen molar-refractivity contribution in [3.63, 3.8) is 0 Å². The number of azo groups is 2. The third-order valence-corrected chi connectivity index (χ3v) is 4.98. The van der Waals surface area contributed by atoms with E-state index in [0.717, 1.165) is 22.5 Å². The molecule has 0 bridgehead atoms. The fraction of sp³-hybridized carbons (Fsp3) is 0.0909. The lowest BCUT2D eigenvalue weighted by molar-refractivity contribution is 0.0951. The molecule has 2 heterocycles. The molecule has 6 nitrogen and oxygen atoms in total. The summed E-state index contributed by atoms with van der Waals surface area (Å²) in [4.78, 5) is 25.7. The highest BCUT2D eigenvalue weighted by Crippen LogP contribution is 2.38. The van der Waals surface area contributed by atoms with Crippen LogP contribution in [-0.4, -0.2) is 11.6 Å². The van der Waals surface area contributed by atoms with Gasteiger partial charge in [-0.25, -0.2) is 0 Å². The molecule has 0 saturated carbocycles. The van der Waals surface area contributed by atoms with Gasteiger partial charge in [-0.05, 0) is 12.1 Å². The highest BCUT2D eigenvalue weighted by molar-refractivity contribution is 6.05. The van der Waals surface area contributed by atoms with Crippen molar-refractivity contribution in [3.8, 4) is 0 Å². The number of rotatable bonds is 4. The number of benzene rings is 3. The lowest BCUT2D eigenvalue weighted by Gasteiger charge is -2.09. The average molecular weight is 366 g/mol. The van der Waals surface area contributed by atoms with E-state index < -0.39 is 12.1 Å². The standard InChI is InChI=1S/C22H14N4O2/c27-21(19-15-5-1-3-7-17(15)23-25-19)13-9-11-14(12-10-13)22(28)20-16-6-2-4-8-18(16)24-26-20/h1-12,19-20H. The third-order valence-electron chi connectivity index (χ3n) is 4.98. The number of nitrogens with zero attached hydrogens (tertiary/aromatic N) is 4. The zero-order valence-electron chi connectivity index (χ0n) is 14.7. The van der Waals surface area contributed by atoms with Crippen LogP contribution in [0.2, 0.25) is 0 Å². The molecular formula is C22H14N4O2. The molecule has 0 N–H and O–H groups in total. The summed E-state index contributed by atoms with van der Waals surface area (Å²) in [7, 11) is 0. The molecule has 5 rings (SSSR count). The Morgan fingerprint density at radius 3 is 1.39 bits per heavy atom. The van der Waals surface area contributed by atoms with E-state index in [-0.39, 0.29) is 11.6 Å². The Morgan fingerprint density at radius 1 is 0.571 bits per heavy atom. The van der Waals surface area contributed by atoms with Crippen LogP contribution in [-0.2, 0) is 0 Å². The maximum atomic E-state index is 12.8. The van der Waals surface area contributed by atoms with Crippen molar-refractivity contribution in [1.82, 2.24) is 0 Å². The Labute approximate surface area is 160 Å². The lowest BCUT2D eigenvalue weighted by Crippen LogP contribution is -2.11. The number of hydrogen-bond donors (Lipinski definition) is 0. The van der Waals surface area contributed by atoms with Crippen LogP contribution in [0.4, 0.5) is 11.4 Å². The number of Topliss-reactive ketones (excluding diaryl/α,β-unsaturated/α-hetero) is 2.